The molecule has 3 aromatic rings. The van der Waals surface area contributed by atoms with Crippen LogP contribution in [-0.2, 0) is 0 Å². The summed E-state index contributed by atoms with van der Waals surface area (Å²) in [5, 5.41) is 16.2. The van der Waals surface area contributed by atoms with E-state index in [0.29, 0.717) is 6.04 Å². The van der Waals surface area contributed by atoms with E-state index < -0.39 is 0 Å². The number of nitrogens with one attached hydrogen (secondary N) is 2. The molecule has 6 rings (SSSR count). The van der Waals surface area contributed by atoms with E-state index in [1.807, 2.05) is 0 Å². The second kappa shape index (κ2) is 9.08. The molecule has 33 heavy (non-hydrogen) atoms. The fourth-order valence-corrected chi connectivity index (χ4v) is 5.11. The number of hydrogen-bond acceptors (Lipinski definition) is 4. The number of nitrogens with zero attached hydrogens (tertiary/aromatic N) is 3. The van der Waals surface area contributed by atoms with E-state index in [4.69, 9.17) is 0 Å². The fourth-order valence-electron chi connectivity index (χ4n) is 5.11. The van der Waals surface area contributed by atoms with Crippen molar-refractivity contribution in [1.82, 2.24) is 25.4 Å². The lowest BCUT2D eigenvalue weighted by Gasteiger charge is -2.29. The summed E-state index contributed by atoms with van der Waals surface area (Å²) in [6, 6.07) is 18.3. The number of benzene rings is 2. The first kappa shape index (κ1) is 20.6. The highest BCUT2D eigenvalue weighted by Gasteiger charge is 2.27. The molecular formula is C28H31N5. The van der Waals surface area contributed by atoms with Crippen LogP contribution in [0.15, 0.2) is 60.7 Å². The summed E-state index contributed by atoms with van der Waals surface area (Å²) < 4.78 is 2.39. The van der Waals surface area contributed by atoms with Crippen molar-refractivity contribution >= 4 is 11.1 Å². The van der Waals surface area contributed by atoms with Crippen molar-refractivity contribution in [3.05, 3.63) is 71.8 Å². The molecule has 0 amide bonds. The van der Waals surface area contributed by atoms with Crippen LogP contribution in [0.2, 0.25) is 0 Å². The summed E-state index contributed by atoms with van der Waals surface area (Å²) in [6.07, 6.45) is 10.5. The van der Waals surface area contributed by atoms with Gasteiger partial charge in [0.1, 0.15) is 0 Å². The Hall–Kier alpha value is -3.02. The summed E-state index contributed by atoms with van der Waals surface area (Å²) in [6.45, 7) is 4.03. The Morgan fingerprint density at radius 3 is 1.45 bits per heavy atom. The zero-order valence-corrected chi connectivity index (χ0v) is 19.1. The summed E-state index contributed by atoms with van der Waals surface area (Å²) in [5.74, 6) is 1.98. The lowest BCUT2D eigenvalue weighted by atomic mass is 9.91. The van der Waals surface area contributed by atoms with E-state index >= 15 is 0 Å². The van der Waals surface area contributed by atoms with Gasteiger partial charge >= 0.3 is 0 Å². The quantitative estimate of drug-likeness (QED) is 0.584. The topological polar surface area (TPSA) is 54.8 Å². The third-order valence-electron chi connectivity index (χ3n) is 7.29. The standard InChI is InChI=1S/C28H31N5/c1-2-26(3-1)33-27(24-8-4-20(5-9-24)22-12-16-29-17-13-22)31-32-28(33)25-10-6-21(7-11-25)23-14-18-30-19-15-23/h4-12,14,26,29-30H,1-3,13,15-19H2. The van der Waals surface area contributed by atoms with Gasteiger partial charge in [-0.15, -0.1) is 10.2 Å². The Morgan fingerprint density at radius 1 is 0.636 bits per heavy atom. The minimum atomic E-state index is 0.489. The molecule has 0 unspecified atom stereocenters. The van der Waals surface area contributed by atoms with Crippen LogP contribution < -0.4 is 10.6 Å². The molecular weight excluding hydrogens is 406 g/mol. The molecule has 2 aromatic carbocycles. The van der Waals surface area contributed by atoms with Crippen molar-refractivity contribution in [3.8, 4) is 22.8 Å². The van der Waals surface area contributed by atoms with Crippen LogP contribution in [-0.4, -0.2) is 40.9 Å². The highest BCUT2D eigenvalue weighted by molar-refractivity contribution is 5.72. The van der Waals surface area contributed by atoms with Crippen LogP contribution in [0, 0.1) is 0 Å². The SMILES string of the molecule is C1=C(c2ccc(-c3nnc(-c4ccc(C5=CCNCC5)cc4)n3C3CCC3)cc2)CCNC1. The maximum Gasteiger partial charge on any atom is 0.164 e. The number of rotatable bonds is 5. The summed E-state index contributed by atoms with van der Waals surface area (Å²) in [7, 11) is 0. The van der Waals surface area contributed by atoms with Gasteiger partial charge in [0, 0.05) is 30.3 Å². The second-order valence-electron chi connectivity index (χ2n) is 9.32. The average molecular weight is 438 g/mol. The molecule has 0 saturated heterocycles. The molecule has 2 aliphatic heterocycles. The fraction of sp³-hybridized carbons (Fsp3) is 0.357. The lowest BCUT2D eigenvalue weighted by molar-refractivity contribution is 0.318. The Balaban J connectivity index is 1.32. The first-order valence-corrected chi connectivity index (χ1v) is 12.3. The van der Waals surface area contributed by atoms with Gasteiger partial charge in [-0.05, 0) is 67.5 Å². The van der Waals surface area contributed by atoms with E-state index in [0.717, 1.165) is 61.8 Å². The van der Waals surface area contributed by atoms with E-state index in [9.17, 15) is 0 Å². The molecule has 5 nitrogen and oxygen atoms in total. The van der Waals surface area contributed by atoms with Crippen LogP contribution in [0.5, 0.6) is 0 Å². The number of hydrogen-bond donors (Lipinski definition) is 2. The van der Waals surface area contributed by atoms with Crippen molar-refractivity contribution < 1.29 is 0 Å². The molecule has 2 N–H and O–H groups in total. The van der Waals surface area contributed by atoms with Gasteiger partial charge in [0.25, 0.3) is 0 Å². The maximum atomic E-state index is 4.69. The van der Waals surface area contributed by atoms with Gasteiger partial charge < -0.3 is 15.2 Å². The molecule has 3 aliphatic rings. The minimum absolute atomic E-state index is 0.489. The third-order valence-corrected chi connectivity index (χ3v) is 7.29. The molecule has 0 spiro atoms. The zero-order chi connectivity index (χ0) is 22.0. The van der Waals surface area contributed by atoms with Crippen molar-refractivity contribution in [2.75, 3.05) is 26.2 Å². The van der Waals surface area contributed by atoms with Gasteiger partial charge in [0.2, 0.25) is 0 Å². The van der Waals surface area contributed by atoms with Crippen molar-refractivity contribution in [2.24, 2.45) is 0 Å². The smallest absolute Gasteiger partial charge is 0.164 e. The number of aromatic nitrogens is 3. The first-order valence-electron chi connectivity index (χ1n) is 12.3. The minimum Gasteiger partial charge on any atom is -0.313 e. The predicted octanol–water partition coefficient (Wildman–Crippen LogP) is 5.09. The average Bonchev–Trinajstić information content (AvgIpc) is 3.29. The van der Waals surface area contributed by atoms with Gasteiger partial charge in [0.05, 0.1) is 0 Å². The van der Waals surface area contributed by atoms with E-state index in [1.165, 1.54) is 41.5 Å². The normalized spacial score (nSPS) is 19.0. The van der Waals surface area contributed by atoms with E-state index in [2.05, 4.69) is 86.1 Å². The summed E-state index contributed by atoms with van der Waals surface area (Å²) in [4.78, 5) is 0. The van der Waals surface area contributed by atoms with Gasteiger partial charge in [-0.25, -0.2) is 0 Å². The lowest BCUT2D eigenvalue weighted by Crippen LogP contribution is -2.20. The van der Waals surface area contributed by atoms with Crippen molar-refractivity contribution in [1.29, 1.82) is 0 Å². The van der Waals surface area contributed by atoms with Gasteiger partial charge in [-0.1, -0.05) is 60.7 Å². The van der Waals surface area contributed by atoms with Gasteiger partial charge in [0.15, 0.2) is 11.6 Å². The van der Waals surface area contributed by atoms with Crippen LogP contribution in [0.1, 0.15) is 49.3 Å². The molecule has 0 bridgehead atoms. The highest BCUT2D eigenvalue weighted by atomic mass is 15.3. The maximum absolute atomic E-state index is 4.69. The Kier molecular flexibility index (Phi) is 5.66. The van der Waals surface area contributed by atoms with Crippen LogP contribution in [0.25, 0.3) is 33.9 Å². The third kappa shape index (κ3) is 4.07. The summed E-state index contributed by atoms with van der Waals surface area (Å²) in [5.41, 5.74) is 7.80. The molecule has 5 heteroatoms. The van der Waals surface area contributed by atoms with Crippen LogP contribution >= 0.6 is 0 Å². The molecule has 1 saturated carbocycles. The highest BCUT2D eigenvalue weighted by Crippen LogP contribution is 2.39. The first-order chi connectivity index (χ1) is 16.4. The molecule has 1 aromatic heterocycles. The molecule has 1 aliphatic carbocycles. The monoisotopic (exact) mass is 437 g/mol. The molecule has 1 fully saturated rings. The second-order valence-corrected chi connectivity index (χ2v) is 9.32. The molecule has 3 heterocycles. The predicted molar refractivity (Wildman–Crippen MR) is 135 cm³/mol. The van der Waals surface area contributed by atoms with Crippen LogP contribution in [0.4, 0.5) is 0 Å². The van der Waals surface area contributed by atoms with Crippen LogP contribution in [0.3, 0.4) is 0 Å². The molecule has 0 radical (unpaired) electrons. The molecule has 168 valence electrons. The van der Waals surface area contributed by atoms with Gasteiger partial charge in [-0.3, -0.25) is 0 Å². The molecule has 0 atom stereocenters. The van der Waals surface area contributed by atoms with E-state index in [-0.39, 0.29) is 0 Å². The van der Waals surface area contributed by atoms with Gasteiger partial charge in [-0.2, -0.15) is 0 Å². The Morgan fingerprint density at radius 2 is 1.09 bits per heavy atom. The summed E-state index contributed by atoms with van der Waals surface area (Å²) >= 11 is 0. The zero-order valence-electron chi connectivity index (χ0n) is 19.1. The van der Waals surface area contributed by atoms with Crippen molar-refractivity contribution in [3.63, 3.8) is 0 Å². The Labute approximate surface area is 195 Å². The Bertz CT molecular complexity index is 1090. The van der Waals surface area contributed by atoms with Crippen molar-refractivity contribution in [2.45, 2.75) is 38.1 Å². The van der Waals surface area contributed by atoms with E-state index in [1.54, 1.807) is 0 Å². The largest absolute Gasteiger partial charge is 0.313 e.